The van der Waals surface area contributed by atoms with Crippen LogP contribution in [0.3, 0.4) is 0 Å². The summed E-state index contributed by atoms with van der Waals surface area (Å²) in [7, 11) is 0. The summed E-state index contributed by atoms with van der Waals surface area (Å²) in [5, 5.41) is 18.2. The summed E-state index contributed by atoms with van der Waals surface area (Å²) in [6.07, 6.45) is -1.37. The number of aliphatic carboxylic acids is 1. The molecule has 16 heavy (non-hydrogen) atoms. The van der Waals surface area contributed by atoms with Crippen LogP contribution in [0.4, 0.5) is 0 Å². The molecule has 0 aliphatic rings. The van der Waals surface area contributed by atoms with Crippen molar-refractivity contribution in [2.45, 2.75) is 26.4 Å². The molecule has 0 aliphatic carbocycles. The smallest absolute Gasteiger partial charge is 0.337 e. The van der Waals surface area contributed by atoms with Gasteiger partial charge in [0.25, 0.3) is 0 Å². The fraction of sp³-hybridized carbons (Fsp3) is 0.333. The first-order valence-electron chi connectivity index (χ1n) is 5.02. The molecule has 1 rings (SSSR count). The van der Waals surface area contributed by atoms with Crippen molar-refractivity contribution in [3.05, 3.63) is 34.9 Å². The van der Waals surface area contributed by atoms with Gasteiger partial charge in [-0.1, -0.05) is 24.6 Å². The van der Waals surface area contributed by atoms with E-state index in [9.17, 15) is 14.7 Å². The van der Waals surface area contributed by atoms with E-state index in [4.69, 9.17) is 5.11 Å². The fourth-order valence-electron chi connectivity index (χ4n) is 1.47. The van der Waals surface area contributed by atoms with Crippen LogP contribution < -0.4 is 0 Å². The van der Waals surface area contributed by atoms with Crippen molar-refractivity contribution in [1.82, 2.24) is 0 Å². The third-order valence-corrected chi connectivity index (χ3v) is 2.36. The lowest BCUT2D eigenvalue weighted by Gasteiger charge is -2.11. The van der Waals surface area contributed by atoms with Crippen LogP contribution >= 0.6 is 0 Å². The van der Waals surface area contributed by atoms with Gasteiger partial charge in [0.1, 0.15) is 0 Å². The molecule has 0 radical (unpaired) electrons. The average molecular weight is 222 g/mol. The molecule has 2 N–H and O–H groups in total. The number of ketones is 1. The maximum atomic E-state index is 11.6. The van der Waals surface area contributed by atoms with Gasteiger partial charge in [-0.3, -0.25) is 4.79 Å². The maximum absolute atomic E-state index is 11.6. The molecule has 0 saturated heterocycles. The summed E-state index contributed by atoms with van der Waals surface area (Å²) in [6, 6.07) is 4.76. The van der Waals surface area contributed by atoms with Crippen molar-refractivity contribution in [3.63, 3.8) is 0 Å². The minimum atomic E-state index is -1.65. The first kappa shape index (κ1) is 12.4. The zero-order chi connectivity index (χ0) is 12.3. The van der Waals surface area contributed by atoms with Gasteiger partial charge < -0.3 is 10.2 Å². The molecule has 0 fully saturated rings. The highest BCUT2D eigenvalue weighted by molar-refractivity contribution is 5.98. The third-order valence-electron chi connectivity index (χ3n) is 2.36. The Labute approximate surface area is 93.5 Å². The monoisotopic (exact) mass is 222 g/mol. The molecule has 1 atom stereocenters. The molecular formula is C12H14O4. The normalized spacial score (nSPS) is 12.2. The van der Waals surface area contributed by atoms with Gasteiger partial charge in [-0.2, -0.15) is 0 Å². The maximum Gasteiger partial charge on any atom is 0.337 e. The Bertz CT molecular complexity index is 423. The number of aliphatic hydroxyl groups is 1. The van der Waals surface area contributed by atoms with E-state index in [2.05, 4.69) is 0 Å². The predicted octanol–water partition coefficient (Wildman–Crippen LogP) is 1.71. The van der Waals surface area contributed by atoms with Crippen LogP contribution in [0.5, 0.6) is 0 Å². The Balaban J connectivity index is 3.27. The van der Waals surface area contributed by atoms with E-state index in [1.165, 1.54) is 6.07 Å². The summed E-state index contributed by atoms with van der Waals surface area (Å²) in [5.74, 6) is -1.52. The van der Waals surface area contributed by atoms with E-state index >= 15 is 0 Å². The van der Waals surface area contributed by atoms with Gasteiger partial charge in [0, 0.05) is 17.5 Å². The van der Waals surface area contributed by atoms with Crippen molar-refractivity contribution in [3.8, 4) is 0 Å². The number of aryl methyl sites for hydroxylation is 1. The van der Waals surface area contributed by atoms with E-state index in [1.54, 1.807) is 19.1 Å². The molecule has 1 aromatic rings. The largest absolute Gasteiger partial charge is 0.479 e. The highest BCUT2D eigenvalue weighted by Gasteiger charge is 2.21. The number of carboxylic acid groups (broad SMARTS) is 1. The molecule has 0 aromatic heterocycles. The Morgan fingerprint density at radius 2 is 2.00 bits per heavy atom. The minimum Gasteiger partial charge on any atom is -0.479 e. The lowest BCUT2D eigenvalue weighted by molar-refractivity contribution is -0.146. The molecule has 0 heterocycles. The van der Waals surface area contributed by atoms with Gasteiger partial charge in [-0.25, -0.2) is 4.79 Å². The van der Waals surface area contributed by atoms with Crippen LogP contribution in [0.25, 0.3) is 0 Å². The second kappa shape index (κ2) is 4.90. The Morgan fingerprint density at radius 1 is 1.38 bits per heavy atom. The molecule has 1 unspecified atom stereocenters. The van der Waals surface area contributed by atoms with Crippen LogP contribution in [0, 0.1) is 6.92 Å². The highest BCUT2D eigenvalue weighted by Crippen LogP contribution is 2.21. The van der Waals surface area contributed by atoms with Crippen LogP contribution in [-0.2, 0) is 4.79 Å². The predicted molar refractivity (Wildman–Crippen MR) is 58.4 cm³/mol. The van der Waals surface area contributed by atoms with E-state index in [0.717, 1.165) is 5.56 Å². The number of Topliss-reactive ketones (excluding diaryl/α,β-unsaturated/α-hetero) is 1. The molecule has 0 bridgehead atoms. The van der Waals surface area contributed by atoms with Crippen molar-refractivity contribution in [2.75, 3.05) is 0 Å². The first-order chi connectivity index (χ1) is 7.47. The zero-order valence-corrected chi connectivity index (χ0v) is 9.23. The second-order valence-corrected chi connectivity index (χ2v) is 3.61. The zero-order valence-electron chi connectivity index (χ0n) is 9.23. The van der Waals surface area contributed by atoms with Crippen LogP contribution in [0.2, 0.25) is 0 Å². The average Bonchev–Trinajstić information content (AvgIpc) is 2.26. The number of rotatable bonds is 4. The van der Waals surface area contributed by atoms with Gasteiger partial charge in [0.05, 0.1) is 0 Å². The lowest BCUT2D eigenvalue weighted by Crippen LogP contribution is -2.15. The molecule has 4 heteroatoms. The van der Waals surface area contributed by atoms with Crippen molar-refractivity contribution >= 4 is 11.8 Å². The fourth-order valence-corrected chi connectivity index (χ4v) is 1.47. The topological polar surface area (TPSA) is 74.6 Å². The summed E-state index contributed by atoms with van der Waals surface area (Å²) in [6.45, 7) is 3.50. The molecule has 0 saturated carbocycles. The molecule has 86 valence electrons. The number of aliphatic hydroxyl groups excluding tert-OH is 1. The van der Waals surface area contributed by atoms with E-state index < -0.39 is 12.1 Å². The van der Waals surface area contributed by atoms with Crippen LogP contribution in [-0.4, -0.2) is 22.0 Å². The minimum absolute atomic E-state index is 0.157. The molecular weight excluding hydrogens is 208 g/mol. The van der Waals surface area contributed by atoms with Gasteiger partial charge in [-0.05, 0) is 13.0 Å². The van der Waals surface area contributed by atoms with E-state index in [1.807, 2.05) is 6.92 Å². The summed E-state index contributed by atoms with van der Waals surface area (Å²) in [4.78, 5) is 22.3. The van der Waals surface area contributed by atoms with E-state index in [-0.39, 0.29) is 23.3 Å². The molecule has 0 spiro atoms. The molecule has 4 nitrogen and oxygen atoms in total. The Morgan fingerprint density at radius 3 is 2.50 bits per heavy atom. The van der Waals surface area contributed by atoms with E-state index in [0.29, 0.717) is 0 Å². The van der Waals surface area contributed by atoms with Crippen LogP contribution in [0.15, 0.2) is 18.2 Å². The Kier molecular flexibility index (Phi) is 3.79. The number of carbonyl (C=O) groups excluding carboxylic acids is 1. The van der Waals surface area contributed by atoms with Crippen molar-refractivity contribution in [2.24, 2.45) is 0 Å². The second-order valence-electron chi connectivity index (χ2n) is 3.61. The standard InChI is InChI=1S/C12H14O4/c1-3-10(13)9-6-7(2)4-5-8(9)11(14)12(15)16/h4-6,11,14H,3H2,1-2H3,(H,15,16). The first-order valence-corrected chi connectivity index (χ1v) is 5.02. The molecule has 1 aromatic carbocycles. The van der Waals surface area contributed by atoms with Crippen molar-refractivity contribution in [1.29, 1.82) is 0 Å². The SMILES string of the molecule is CCC(=O)c1cc(C)ccc1C(O)C(=O)O. The number of hydrogen-bond donors (Lipinski definition) is 2. The van der Waals surface area contributed by atoms with Gasteiger partial charge in [-0.15, -0.1) is 0 Å². The third kappa shape index (κ3) is 2.46. The van der Waals surface area contributed by atoms with Gasteiger partial charge in [0.15, 0.2) is 11.9 Å². The molecule has 0 amide bonds. The summed E-state index contributed by atoms with van der Waals surface area (Å²) in [5.41, 5.74) is 1.31. The van der Waals surface area contributed by atoms with Crippen molar-refractivity contribution < 1.29 is 19.8 Å². The number of hydrogen-bond acceptors (Lipinski definition) is 3. The Hall–Kier alpha value is -1.68. The summed E-state index contributed by atoms with van der Waals surface area (Å²) < 4.78 is 0. The quantitative estimate of drug-likeness (QED) is 0.760. The lowest BCUT2D eigenvalue weighted by atomic mass is 9.96. The molecule has 0 aliphatic heterocycles. The number of carboxylic acids is 1. The highest BCUT2D eigenvalue weighted by atomic mass is 16.4. The number of benzene rings is 1. The van der Waals surface area contributed by atoms with Gasteiger partial charge >= 0.3 is 5.97 Å². The summed E-state index contributed by atoms with van der Waals surface area (Å²) >= 11 is 0. The van der Waals surface area contributed by atoms with Gasteiger partial charge in [0.2, 0.25) is 0 Å². The number of carbonyl (C=O) groups is 2. The van der Waals surface area contributed by atoms with Crippen LogP contribution in [0.1, 0.15) is 40.9 Å².